The Bertz CT molecular complexity index is 569. The first-order valence-corrected chi connectivity index (χ1v) is 7.02. The molecule has 17 heavy (non-hydrogen) atoms. The molecule has 3 rings (SSSR count). The molecular weight excluding hydrogens is 327 g/mol. The number of hydrogen-bond acceptors (Lipinski definition) is 3. The second-order valence-electron chi connectivity index (χ2n) is 4.59. The highest BCUT2D eigenvalue weighted by molar-refractivity contribution is 14.1. The van der Waals surface area contributed by atoms with Gasteiger partial charge in [0, 0.05) is 13.1 Å². The van der Waals surface area contributed by atoms with Gasteiger partial charge in [0.2, 0.25) is 0 Å². The van der Waals surface area contributed by atoms with Gasteiger partial charge in [0.15, 0.2) is 5.65 Å². The minimum absolute atomic E-state index is 0.999. The van der Waals surface area contributed by atoms with Gasteiger partial charge in [-0.1, -0.05) is 0 Å². The first-order valence-electron chi connectivity index (χ1n) is 5.94. The van der Waals surface area contributed by atoms with E-state index >= 15 is 0 Å². The topological polar surface area (TPSA) is 33.4 Å². The van der Waals surface area contributed by atoms with E-state index in [1.807, 2.05) is 18.4 Å². The lowest BCUT2D eigenvalue weighted by atomic mass is 10.3. The van der Waals surface area contributed by atoms with Gasteiger partial charge >= 0.3 is 0 Å². The molecule has 0 amide bonds. The van der Waals surface area contributed by atoms with Crippen LogP contribution in [0.3, 0.4) is 0 Å². The number of nitrogens with zero attached hydrogens (tertiary/aromatic N) is 4. The van der Waals surface area contributed by atoms with Crippen LogP contribution in [-0.4, -0.2) is 27.7 Å². The SMILES string of the molecule is Cc1cc(N2CCCC2)c2nc(C)c(I)n2n1. The Morgan fingerprint density at radius 1 is 1.24 bits per heavy atom. The molecule has 5 heteroatoms. The Morgan fingerprint density at radius 3 is 2.65 bits per heavy atom. The van der Waals surface area contributed by atoms with E-state index in [2.05, 4.69) is 43.6 Å². The van der Waals surface area contributed by atoms with Gasteiger partial charge < -0.3 is 4.90 Å². The molecule has 0 bridgehead atoms. The highest BCUT2D eigenvalue weighted by Gasteiger charge is 2.19. The molecule has 1 fully saturated rings. The number of fused-ring (bicyclic) bond motifs is 1. The smallest absolute Gasteiger partial charge is 0.178 e. The monoisotopic (exact) mass is 342 g/mol. The molecule has 0 spiro atoms. The summed E-state index contributed by atoms with van der Waals surface area (Å²) in [6.07, 6.45) is 2.56. The summed E-state index contributed by atoms with van der Waals surface area (Å²) in [6.45, 7) is 6.37. The maximum Gasteiger partial charge on any atom is 0.178 e. The van der Waals surface area contributed by atoms with Crippen molar-refractivity contribution in [2.75, 3.05) is 18.0 Å². The van der Waals surface area contributed by atoms with Gasteiger partial charge in [-0.3, -0.25) is 0 Å². The first kappa shape index (κ1) is 11.3. The molecular formula is C12H15IN4. The molecule has 1 saturated heterocycles. The molecule has 4 nitrogen and oxygen atoms in total. The predicted molar refractivity (Wildman–Crippen MR) is 76.6 cm³/mol. The molecule has 0 aromatic carbocycles. The summed E-state index contributed by atoms with van der Waals surface area (Å²) in [5.74, 6) is 0. The third-order valence-electron chi connectivity index (χ3n) is 3.24. The normalized spacial score (nSPS) is 16.1. The maximum absolute atomic E-state index is 4.65. The van der Waals surface area contributed by atoms with Crippen molar-refractivity contribution in [3.63, 3.8) is 0 Å². The Morgan fingerprint density at radius 2 is 1.94 bits per heavy atom. The van der Waals surface area contributed by atoms with Crippen LogP contribution in [0.25, 0.3) is 5.65 Å². The minimum Gasteiger partial charge on any atom is -0.368 e. The number of hydrogen-bond donors (Lipinski definition) is 0. The Hall–Kier alpha value is -0.850. The average molecular weight is 342 g/mol. The summed E-state index contributed by atoms with van der Waals surface area (Å²) in [6, 6.07) is 2.16. The van der Waals surface area contributed by atoms with Gasteiger partial charge in [-0.25, -0.2) is 9.50 Å². The molecule has 90 valence electrons. The third kappa shape index (κ3) is 1.80. The van der Waals surface area contributed by atoms with Crippen LogP contribution < -0.4 is 4.90 Å². The Balaban J connectivity index is 2.25. The lowest BCUT2D eigenvalue weighted by Gasteiger charge is -2.18. The number of aromatic nitrogens is 3. The number of rotatable bonds is 1. The zero-order valence-corrected chi connectivity index (χ0v) is 12.2. The van der Waals surface area contributed by atoms with E-state index in [1.165, 1.54) is 18.5 Å². The van der Waals surface area contributed by atoms with Crippen LogP contribution in [0, 0.1) is 17.5 Å². The minimum atomic E-state index is 0.999. The standard InChI is InChI=1S/C12H15IN4/c1-8-7-10(16-5-3-4-6-16)12-14-9(2)11(13)17(12)15-8/h7H,3-6H2,1-2H3. The first-order chi connectivity index (χ1) is 8.16. The van der Waals surface area contributed by atoms with Crippen LogP contribution in [0.5, 0.6) is 0 Å². The molecule has 3 heterocycles. The molecule has 0 atom stereocenters. The fourth-order valence-electron chi connectivity index (χ4n) is 2.40. The number of aryl methyl sites for hydroxylation is 2. The van der Waals surface area contributed by atoms with E-state index in [4.69, 9.17) is 0 Å². The number of imidazole rings is 1. The molecule has 0 radical (unpaired) electrons. The van der Waals surface area contributed by atoms with Crippen molar-refractivity contribution < 1.29 is 0 Å². The van der Waals surface area contributed by atoms with E-state index in [0.717, 1.165) is 33.8 Å². The van der Waals surface area contributed by atoms with Crippen LogP contribution in [-0.2, 0) is 0 Å². The summed E-state index contributed by atoms with van der Waals surface area (Å²) in [7, 11) is 0. The average Bonchev–Trinajstić information content (AvgIpc) is 2.90. The Kier molecular flexibility index (Phi) is 2.72. The summed E-state index contributed by atoms with van der Waals surface area (Å²) in [4.78, 5) is 7.07. The summed E-state index contributed by atoms with van der Waals surface area (Å²) < 4.78 is 3.08. The van der Waals surface area contributed by atoms with Crippen molar-refractivity contribution in [2.45, 2.75) is 26.7 Å². The molecule has 0 N–H and O–H groups in total. The molecule has 1 aliphatic heterocycles. The van der Waals surface area contributed by atoms with Gasteiger partial charge in [-0.05, 0) is 55.3 Å². The fourth-order valence-corrected chi connectivity index (χ4v) is 2.85. The summed E-state index contributed by atoms with van der Waals surface area (Å²) in [5, 5.41) is 4.55. The van der Waals surface area contributed by atoms with Gasteiger partial charge in [0.25, 0.3) is 0 Å². The quantitative estimate of drug-likeness (QED) is 0.747. The van der Waals surface area contributed by atoms with Crippen molar-refractivity contribution >= 4 is 33.9 Å². The molecule has 2 aromatic heterocycles. The molecule has 0 unspecified atom stereocenters. The van der Waals surface area contributed by atoms with Crippen LogP contribution in [0.1, 0.15) is 24.2 Å². The van der Waals surface area contributed by atoms with Crippen LogP contribution >= 0.6 is 22.6 Å². The van der Waals surface area contributed by atoms with Gasteiger partial charge in [0.05, 0.1) is 17.1 Å². The van der Waals surface area contributed by atoms with Crippen molar-refractivity contribution in [1.82, 2.24) is 14.6 Å². The lowest BCUT2D eigenvalue weighted by molar-refractivity contribution is 0.863. The van der Waals surface area contributed by atoms with Crippen LogP contribution in [0.15, 0.2) is 6.07 Å². The highest BCUT2D eigenvalue weighted by Crippen LogP contribution is 2.27. The molecule has 0 saturated carbocycles. The van der Waals surface area contributed by atoms with Crippen LogP contribution in [0.2, 0.25) is 0 Å². The Labute approximate surface area is 114 Å². The van der Waals surface area contributed by atoms with E-state index in [1.54, 1.807) is 0 Å². The molecule has 2 aromatic rings. The highest BCUT2D eigenvalue weighted by atomic mass is 127. The third-order valence-corrected chi connectivity index (χ3v) is 4.48. The largest absolute Gasteiger partial charge is 0.368 e. The van der Waals surface area contributed by atoms with E-state index in [0.29, 0.717) is 0 Å². The second-order valence-corrected chi connectivity index (χ2v) is 5.61. The lowest BCUT2D eigenvalue weighted by Crippen LogP contribution is -2.19. The molecule has 1 aliphatic rings. The number of halogens is 1. The van der Waals surface area contributed by atoms with E-state index in [9.17, 15) is 0 Å². The van der Waals surface area contributed by atoms with Gasteiger partial charge in [-0.15, -0.1) is 0 Å². The van der Waals surface area contributed by atoms with Crippen molar-refractivity contribution in [2.24, 2.45) is 0 Å². The van der Waals surface area contributed by atoms with Gasteiger partial charge in [0.1, 0.15) is 3.70 Å². The van der Waals surface area contributed by atoms with Crippen molar-refractivity contribution in [3.8, 4) is 0 Å². The maximum atomic E-state index is 4.65. The van der Waals surface area contributed by atoms with Crippen molar-refractivity contribution in [3.05, 3.63) is 21.2 Å². The fraction of sp³-hybridized carbons (Fsp3) is 0.500. The zero-order valence-electron chi connectivity index (χ0n) is 10.1. The van der Waals surface area contributed by atoms with Gasteiger partial charge in [-0.2, -0.15) is 5.10 Å². The van der Waals surface area contributed by atoms with E-state index in [-0.39, 0.29) is 0 Å². The summed E-state index contributed by atoms with van der Waals surface area (Å²) in [5.41, 5.74) is 4.35. The van der Waals surface area contributed by atoms with Crippen molar-refractivity contribution in [1.29, 1.82) is 0 Å². The van der Waals surface area contributed by atoms with E-state index < -0.39 is 0 Å². The predicted octanol–water partition coefficient (Wildman–Crippen LogP) is 2.55. The zero-order chi connectivity index (χ0) is 12.0. The van der Waals surface area contributed by atoms with Crippen LogP contribution in [0.4, 0.5) is 5.69 Å². The second kappa shape index (κ2) is 4.12. The summed E-state index contributed by atoms with van der Waals surface area (Å²) >= 11 is 2.31. The molecule has 0 aliphatic carbocycles. The number of anilines is 1.